The summed E-state index contributed by atoms with van der Waals surface area (Å²) in [7, 11) is 1.81. The van der Waals surface area contributed by atoms with Gasteiger partial charge in [0, 0.05) is 39.8 Å². The van der Waals surface area contributed by atoms with Crippen molar-refractivity contribution in [3.05, 3.63) is 0 Å². The molecular weight excluding hydrogens is 379 g/mol. The number of ether oxygens (including phenoxy) is 1. The quantitative estimate of drug-likeness (QED) is 0.436. The van der Waals surface area contributed by atoms with E-state index in [2.05, 4.69) is 21.7 Å². The number of hydrogen-bond donors (Lipinski definition) is 1. The third-order valence-electron chi connectivity index (χ3n) is 4.54. The molecule has 2 fully saturated rings. The largest absolute Gasteiger partial charge is 0.381 e. The molecule has 0 aliphatic carbocycles. The third-order valence-corrected chi connectivity index (χ3v) is 4.54. The Morgan fingerprint density at radius 3 is 2.57 bits per heavy atom. The second-order valence-corrected chi connectivity index (χ2v) is 6.21. The lowest BCUT2D eigenvalue weighted by molar-refractivity contribution is 0.0421. The van der Waals surface area contributed by atoms with E-state index in [-0.39, 0.29) is 24.0 Å². The highest BCUT2D eigenvalue weighted by Crippen LogP contribution is 2.15. The minimum absolute atomic E-state index is 0. The zero-order valence-electron chi connectivity index (χ0n) is 13.5. The van der Waals surface area contributed by atoms with Gasteiger partial charge in [0.15, 0.2) is 5.96 Å². The minimum atomic E-state index is 0. The van der Waals surface area contributed by atoms with Crippen molar-refractivity contribution in [3.63, 3.8) is 0 Å². The molecule has 21 heavy (non-hydrogen) atoms. The van der Waals surface area contributed by atoms with Crippen LogP contribution in [0.4, 0.5) is 0 Å². The first-order valence-electron chi connectivity index (χ1n) is 7.99. The Balaban J connectivity index is 0.00000220. The summed E-state index contributed by atoms with van der Waals surface area (Å²) < 4.78 is 5.39. The maximum atomic E-state index is 6.11. The van der Waals surface area contributed by atoms with Crippen LogP contribution in [0.3, 0.4) is 0 Å². The SMILES string of the molecule is COC1CCN(CCN=C(N)N2CCCC(C)C2)CC1.I. The van der Waals surface area contributed by atoms with Gasteiger partial charge in [-0.2, -0.15) is 0 Å². The van der Waals surface area contributed by atoms with E-state index in [9.17, 15) is 0 Å². The van der Waals surface area contributed by atoms with Crippen LogP contribution in [-0.2, 0) is 4.74 Å². The molecule has 0 saturated carbocycles. The van der Waals surface area contributed by atoms with Crippen LogP contribution in [0.25, 0.3) is 0 Å². The Hall–Kier alpha value is -0.0800. The number of nitrogens with two attached hydrogens (primary N) is 1. The minimum Gasteiger partial charge on any atom is -0.381 e. The molecule has 0 spiro atoms. The van der Waals surface area contributed by atoms with E-state index in [1.807, 2.05) is 7.11 Å². The molecule has 2 N–H and O–H groups in total. The lowest BCUT2D eigenvalue weighted by Gasteiger charge is -2.32. The highest BCUT2D eigenvalue weighted by atomic mass is 127. The van der Waals surface area contributed by atoms with E-state index < -0.39 is 0 Å². The van der Waals surface area contributed by atoms with Gasteiger partial charge in [0.25, 0.3) is 0 Å². The van der Waals surface area contributed by atoms with Gasteiger partial charge in [-0.05, 0) is 31.6 Å². The summed E-state index contributed by atoms with van der Waals surface area (Å²) in [6.07, 6.45) is 5.29. The van der Waals surface area contributed by atoms with Crippen LogP contribution in [-0.4, -0.2) is 68.2 Å². The molecule has 0 aromatic heterocycles. The van der Waals surface area contributed by atoms with Crippen LogP contribution in [0.2, 0.25) is 0 Å². The molecule has 2 aliphatic heterocycles. The molecule has 1 atom stereocenters. The molecule has 1 unspecified atom stereocenters. The number of aliphatic imine (C=N–C) groups is 1. The summed E-state index contributed by atoms with van der Waals surface area (Å²) in [5, 5.41) is 0. The maximum absolute atomic E-state index is 6.11. The molecular formula is C15H31IN4O. The highest BCUT2D eigenvalue weighted by molar-refractivity contribution is 14.0. The van der Waals surface area contributed by atoms with Gasteiger partial charge in [0.2, 0.25) is 0 Å². The molecule has 2 aliphatic rings. The summed E-state index contributed by atoms with van der Waals surface area (Å²) in [5.74, 6) is 1.48. The fourth-order valence-corrected chi connectivity index (χ4v) is 3.17. The van der Waals surface area contributed by atoms with Crippen molar-refractivity contribution in [1.29, 1.82) is 0 Å². The lowest BCUT2D eigenvalue weighted by Crippen LogP contribution is -2.44. The number of nitrogens with zero attached hydrogens (tertiary/aromatic N) is 3. The van der Waals surface area contributed by atoms with Crippen LogP contribution in [0.15, 0.2) is 4.99 Å². The topological polar surface area (TPSA) is 54.1 Å². The third kappa shape index (κ3) is 6.28. The van der Waals surface area contributed by atoms with Crippen molar-refractivity contribution in [3.8, 4) is 0 Å². The summed E-state index contributed by atoms with van der Waals surface area (Å²) >= 11 is 0. The predicted octanol–water partition coefficient (Wildman–Crippen LogP) is 1.76. The number of guanidine groups is 1. The van der Waals surface area contributed by atoms with E-state index in [1.165, 1.54) is 12.8 Å². The fourth-order valence-electron chi connectivity index (χ4n) is 3.17. The standard InChI is InChI=1S/C15H30N4O.HI/c1-13-4-3-8-19(12-13)15(16)17-7-11-18-9-5-14(20-2)6-10-18;/h13-14H,3-12H2,1-2H3,(H2,16,17);1H. The van der Waals surface area contributed by atoms with E-state index in [1.54, 1.807) is 0 Å². The van der Waals surface area contributed by atoms with Gasteiger partial charge in [-0.1, -0.05) is 6.92 Å². The van der Waals surface area contributed by atoms with Crippen molar-refractivity contribution in [2.45, 2.75) is 38.7 Å². The number of halogens is 1. The summed E-state index contributed by atoms with van der Waals surface area (Å²) in [6.45, 7) is 8.49. The monoisotopic (exact) mass is 410 g/mol. The van der Waals surface area contributed by atoms with Crippen LogP contribution < -0.4 is 5.73 Å². The van der Waals surface area contributed by atoms with Gasteiger partial charge in [-0.15, -0.1) is 24.0 Å². The van der Waals surface area contributed by atoms with Gasteiger partial charge in [-0.25, -0.2) is 0 Å². The lowest BCUT2D eigenvalue weighted by atomic mass is 10.0. The van der Waals surface area contributed by atoms with Crippen molar-refractivity contribution in [1.82, 2.24) is 9.80 Å². The van der Waals surface area contributed by atoms with Gasteiger partial charge in [-0.3, -0.25) is 4.99 Å². The molecule has 5 nitrogen and oxygen atoms in total. The van der Waals surface area contributed by atoms with E-state index in [0.717, 1.165) is 64.0 Å². The molecule has 0 aromatic carbocycles. The van der Waals surface area contributed by atoms with E-state index >= 15 is 0 Å². The Labute approximate surface area is 146 Å². The summed E-state index contributed by atoms with van der Waals surface area (Å²) in [5.41, 5.74) is 6.11. The zero-order valence-corrected chi connectivity index (χ0v) is 15.8. The second kappa shape index (κ2) is 9.84. The molecule has 0 bridgehead atoms. The molecule has 2 rings (SSSR count). The summed E-state index contributed by atoms with van der Waals surface area (Å²) in [6, 6.07) is 0. The Morgan fingerprint density at radius 1 is 1.24 bits per heavy atom. The van der Waals surface area contributed by atoms with E-state index in [0.29, 0.717) is 6.10 Å². The Bertz CT molecular complexity index is 319. The average Bonchev–Trinajstić information content (AvgIpc) is 2.48. The van der Waals surface area contributed by atoms with Crippen molar-refractivity contribution >= 4 is 29.9 Å². The molecule has 0 amide bonds. The molecule has 0 radical (unpaired) electrons. The molecule has 2 saturated heterocycles. The van der Waals surface area contributed by atoms with Crippen molar-refractivity contribution in [2.24, 2.45) is 16.6 Å². The maximum Gasteiger partial charge on any atom is 0.191 e. The number of hydrogen-bond acceptors (Lipinski definition) is 3. The summed E-state index contributed by atoms with van der Waals surface area (Å²) in [4.78, 5) is 9.27. The Morgan fingerprint density at radius 2 is 1.95 bits per heavy atom. The van der Waals surface area contributed by atoms with Gasteiger partial charge in [0.05, 0.1) is 12.6 Å². The molecule has 2 heterocycles. The number of piperidine rings is 2. The van der Waals surface area contributed by atoms with Crippen molar-refractivity contribution in [2.75, 3.05) is 46.4 Å². The second-order valence-electron chi connectivity index (χ2n) is 6.21. The first-order valence-corrected chi connectivity index (χ1v) is 7.99. The van der Waals surface area contributed by atoms with Crippen LogP contribution in [0.1, 0.15) is 32.6 Å². The molecule has 6 heteroatoms. The van der Waals surface area contributed by atoms with Gasteiger partial charge >= 0.3 is 0 Å². The van der Waals surface area contributed by atoms with Crippen LogP contribution in [0, 0.1) is 5.92 Å². The first kappa shape index (κ1) is 19.0. The first-order chi connectivity index (χ1) is 9.69. The smallest absolute Gasteiger partial charge is 0.191 e. The number of likely N-dealkylation sites (tertiary alicyclic amines) is 2. The fraction of sp³-hybridized carbons (Fsp3) is 0.933. The number of rotatable bonds is 4. The Kier molecular flexibility index (Phi) is 8.89. The van der Waals surface area contributed by atoms with Crippen LogP contribution >= 0.6 is 24.0 Å². The molecule has 0 aromatic rings. The van der Waals surface area contributed by atoms with Gasteiger partial charge < -0.3 is 20.3 Å². The predicted molar refractivity (Wildman–Crippen MR) is 98.3 cm³/mol. The zero-order chi connectivity index (χ0) is 14.4. The van der Waals surface area contributed by atoms with Gasteiger partial charge in [0.1, 0.15) is 0 Å². The number of methoxy groups -OCH3 is 1. The normalized spacial score (nSPS) is 25.7. The average molecular weight is 410 g/mol. The van der Waals surface area contributed by atoms with Crippen LogP contribution in [0.5, 0.6) is 0 Å². The highest BCUT2D eigenvalue weighted by Gasteiger charge is 2.19. The van der Waals surface area contributed by atoms with E-state index in [4.69, 9.17) is 10.5 Å². The van der Waals surface area contributed by atoms with Crippen molar-refractivity contribution < 1.29 is 4.74 Å². The molecule has 124 valence electrons.